The van der Waals surface area contributed by atoms with Gasteiger partial charge in [-0.2, -0.15) is 0 Å². The Labute approximate surface area is 135 Å². The lowest BCUT2D eigenvalue weighted by Gasteiger charge is -2.07. The second-order valence-corrected chi connectivity index (χ2v) is 8.59. The predicted molar refractivity (Wildman–Crippen MR) is 80.2 cm³/mol. The Balaban J connectivity index is 1.53. The molecule has 0 unspecified atom stereocenters. The molecule has 1 saturated heterocycles. The van der Waals surface area contributed by atoms with E-state index >= 15 is 0 Å². The van der Waals surface area contributed by atoms with Crippen molar-refractivity contribution < 1.29 is 27.4 Å². The van der Waals surface area contributed by atoms with Crippen LogP contribution in [0, 0.1) is 0 Å². The molecule has 2 aliphatic rings. The van der Waals surface area contributed by atoms with Crippen LogP contribution in [-0.2, 0) is 9.84 Å². The summed E-state index contributed by atoms with van der Waals surface area (Å²) in [6, 6.07) is 5.26. The number of rotatable bonds is 3. The Kier molecular flexibility index (Phi) is 3.47. The minimum atomic E-state index is -3.21. The van der Waals surface area contributed by atoms with E-state index in [0.29, 0.717) is 23.0 Å². The van der Waals surface area contributed by atoms with E-state index in [9.17, 15) is 13.5 Å². The van der Waals surface area contributed by atoms with Gasteiger partial charge in [0.25, 0.3) is 5.22 Å². The summed E-state index contributed by atoms with van der Waals surface area (Å²) in [5.74, 6) is 1.23. The number of hydrogen-bond acceptors (Lipinski definition) is 9. The van der Waals surface area contributed by atoms with Crippen molar-refractivity contribution in [3.05, 3.63) is 18.2 Å². The van der Waals surface area contributed by atoms with Crippen LogP contribution >= 0.6 is 11.8 Å². The van der Waals surface area contributed by atoms with Gasteiger partial charge in [0, 0.05) is 5.56 Å². The van der Waals surface area contributed by atoms with Gasteiger partial charge in [-0.3, -0.25) is 0 Å². The number of sulfone groups is 1. The van der Waals surface area contributed by atoms with Gasteiger partial charge in [-0.05, 0) is 18.2 Å². The third-order valence-electron chi connectivity index (χ3n) is 3.55. The lowest BCUT2D eigenvalue weighted by atomic mass is 10.2. The fourth-order valence-corrected chi connectivity index (χ4v) is 5.80. The van der Waals surface area contributed by atoms with E-state index in [4.69, 9.17) is 13.9 Å². The molecule has 3 heterocycles. The van der Waals surface area contributed by atoms with Gasteiger partial charge in [0.15, 0.2) is 21.3 Å². The van der Waals surface area contributed by atoms with Crippen molar-refractivity contribution >= 4 is 21.6 Å². The van der Waals surface area contributed by atoms with Crippen molar-refractivity contribution in [1.82, 2.24) is 10.2 Å². The van der Waals surface area contributed by atoms with Gasteiger partial charge in [0.1, 0.15) is 0 Å². The minimum absolute atomic E-state index is 0.0967. The van der Waals surface area contributed by atoms with Gasteiger partial charge < -0.3 is 19.0 Å². The summed E-state index contributed by atoms with van der Waals surface area (Å²) >= 11 is 1.08. The first-order valence-corrected chi connectivity index (χ1v) is 9.49. The SMILES string of the molecule is O=S1(=O)C[C@H](O)[C@H](Sc2nnc(-c3ccc4c(c3)OCO4)o2)C1. The first kappa shape index (κ1) is 14.8. The van der Waals surface area contributed by atoms with E-state index in [1.807, 2.05) is 0 Å². The standard InChI is InChI=1S/C13H12N2O6S2/c16-8-4-23(17,18)5-11(8)22-13-15-14-12(21-13)7-1-2-9-10(3-7)20-6-19-9/h1-3,8,11,16H,4-6H2/t8-,11+/m0/s1. The van der Waals surface area contributed by atoms with E-state index in [1.165, 1.54) is 0 Å². The molecule has 2 aliphatic heterocycles. The second kappa shape index (κ2) is 5.39. The Morgan fingerprint density at radius 2 is 2.00 bits per heavy atom. The van der Waals surface area contributed by atoms with Crippen molar-refractivity contribution in [1.29, 1.82) is 0 Å². The summed E-state index contributed by atoms with van der Waals surface area (Å²) in [6.45, 7) is 0.178. The van der Waals surface area contributed by atoms with Crippen molar-refractivity contribution in [2.24, 2.45) is 0 Å². The Bertz CT molecular complexity index is 850. The van der Waals surface area contributed by atoms with Gasteiger partial charge in [-0.25, -0.2) is 8.42 Å². The summed E-state index contributed by atoms with van der Waals surface area (Å²) in [7, 11) is -3.21. The average Bonchev–Trinajstić information content (AvgIpc) is 3.18. The number of aliphatic hydroxyl groups is 1. The van der Waals surface area contributed by atoms with Crippen LogP contribution in [0.4, 0.5) is 0 Å². The number of benzene rings is 1. The number of ether oxygens (including phenoxy) is 2. The van der Waals surface area contributed by atoms with Crippen LogP contribution in [0.1, 0.15) is 0 Å². The number of nitrogens with zero attached hydrogens (tertiary/aromatic N) is 2. The molecule has 8 nitrogen and oxygen atoms in total. The zero-order chi connectivity index (χ0) is 16.0. The average molecular weight is 356 g/mol. The Morgan fingerprint density at radius 1 is 1.17 bits per heavy atom. The van der Waals surface area contributed by atoms with Crippen molar-refractivity contribution in [2.45, 2.75) is 16.6 Å². The third kappa shape index (κ3) is 2.89. The molecule has 2 atom stereocenters. The molecule has 1 aromatic heterocycles. The number of thioether (sulfide) groups is 1. The number of hydrogen-bond donors (Lipinski definition) is 1. The maximum absolute atomic E-state index is 11.5. The number of aromatic nitrogens is 2. The normalized spacial score (nSPS) is 24.9. The molecule has 0 saturated carbocycles. The van der Waals surface area contributed by atoms with Crippen LogP contribution in [0.2, 0.25) is 0 Å². The fourth-order valence-electron chi connectivity index (χ4n) is 2.44. The second-order valence-electron chi connectivity index (χ2n) is 5.24. The van der Waals surface area contributed by atoms with Gasteiger partial charge in [-0.1, -0.05) is 11.8 Å². The number of fused-ring (bicyclic) bond motifs is 1. The fraction of sp³-hybridized carbons (Fsp3) is 0.385. The molecule has 1 N–H and O–H groups in total. The lowest BCUT2D eigenvalue weighted by molar-refractivity contribution is 0.174. The van der Waals surface area contributed by atoms with Crippen molar-refractivity contribution in [3.8, 4) is 23.0 Å². The maximum atomic E-state index is 11.5. The largest absolute Gasteiger partial charge is 0.454 e. The summed E-state index contributed by atoms with van der Waals surface area (Å²) in [5, 5.41) is 17.4. The topological polar surface area (TPSA) is 112 Å². The van der Waals surface area contributed by atoms with Crippen LogP contribution in [0.25, 0.3) is 11.5 Å². The maximum Gasteiger partial charge on any atom is 0.277 e. The van der Waals surface area contributed by atoms with Crippen molar-refractivity contribution in [3.63, 3.8) is 0 Å². The molecule has 4 rings (SSSR count). The van der Waals surface area contributed by atoms with Crippen LogP contribution in [0.5, 0.6) is 11.5 Å². The Morgan fingerprint density at radius 3 is 2.78 bits per heavy atom. The summed E-state index contributed by atoms with van der Waals surface area (Å²) in [5.41, 5.74) is 0.674. The van der Waals surface area contributed by atoms with Gasteiger partial charge in [-0.15, -0.1) is 10.2 Å². The van der Waals surface area contributed by atoms with E-state index in [0.717, 1.165) is 11.8 Å². The highest BCUT2D eigenvalue weighted by atomic mass is 32.2. The molecular formula is C13H12N2O6S2. The monoisotopic (exact) mass is 356 g/mol. The molecule has 2 aromatic rings. The molecular weight excluding hydrogens is 344 g/mol. The highest BCUT2D eigenvalue weighted by Gasteiger charge is 2.38. The zero-order valence-electron chi connectivity index (χ0n) is 11.7. The van der Waals surface area contributed by atoms with Crippen molar-refractivity contribution in [2.75, 3.05) is 18.3 Å². The molecule has 0 spiro atoms. The highest BCUT2D eigenvalue weighted by molar-refractivity contribution is 8.01. The quantitative estimate of drug-likeness (QED) is 0.850. The van der Waals surface area contributed by atoms with Crippen LogP contribution < -0.4 is 9.47 Å². The predicted octanol–water partition coefficient (Wildman–Crippen LogP) is 0.715. The highest BCUT2D eigenvalue weighted by Crippen LogP contribution is 2.37. The third-order valence-corrected chi connectivity index (χ3v) is 6.63. The summed E-state index contributed by atoms with van der Waals surface area (Å²) in [6.07, 6.45) is -0.925. The van der Waals surface area contributed by atoms with E-state index in [1.54, 1.807) is 18.2 Å². The minimum Gasteiger partial charge on any atom is -0.454 e. The summed E-state index contributed by atoms with van der Waals surface area (Å²) < 4.78 is 39.1. The van der Waals surface area contributed by atoms with Crippen LogP contribution in [-0.4, -0.2) is 53.4 Å². The molecule has 0 aliphatic carbocycles. The van der Waals surface area contributed by atoms with Crippen LogP contribution in [0.15, 0.2) is 27.8 Å². The van der Waals surface area contributed by atoms with Gasteiger partial charge in [0.05, 0.1) is 22.9 Å². The molecule has 1 aromatic carbocycles. The zero-order valence-corrected chi connectivity index (χ0v) is 13.3. The van der Waals surface area contributed by atoms with E-state index in [-0.39, 0.29) is 23.5 Å². The van der Waals surface area contributed by atoms with Gasteiger partial charge >= 0.3 is 0 Å². The van der Waals surface area contributed by atoms with E-state index < -0.39 is 21.2 Å². The molecule has 0 radical (unpaired) electrons. The summed E-state index contributed by atoms with van der Waals surface area (Å²) in [4.78, 5) is 0. The van der Waals surface area contributed by atoms with E-state index in [2.05, 4.69) is 10.2 Å². The van der Waals surface area contributed by atoms with Crippen LogP contribution in [0.3, 0.4) is 0 Å². The Hall–Kier alpha value is -1.78. The smallest absolute Gasteiger partial charge is 0.277 e. The number of aliphatic hydroxyl groups excluding tert-OH is 1. The molecule has 0 amide bonds. The first-order valence-electron chi connectivity index (χ1n) is 6.79. The molecule has 23 heavy (non-hydrogen) atoms. The first-order chi connectivity index (χ1) is 11.0. The van der Waals surface area contributed by atoms with Gasteiger partial charge in [0.2, 0.25) is 12.7 Å². The molecule has 0 bridgehead atoms. The lowest BCUT2D eigenvalue weighted by Crippen LogP contribution is -2.19. The molecule has 122 valence electrons. The molecule has 10 heteroatoms. The molecule has 1 fully saturated rings.